The summed E-state index contributed by atoms with van der Waals surface area (Å²) in [6.45, 7) is 1.69. The molecule has 2 rings (SSSR count). The summed E-state index contributed by atoms with van der Waals surface area (Å²) in [7, 11) is 1.89. The summed E-state index contributed by atoms with van der Waals surface area (Å²) >= 11 is 1.27. The molecular formula is C14H16N4O2S. The van der Waals surface area contributed by atoms with Crippen LogP contribution < -0.4 is 11.1 Å². The first-order valence-corrected chi connectivity index (χ1v) is 7.21. The molecule has 0 fully saturated rings. The molecule has 0 bridgehead atoms. The SMILES string of the molecule is C[C@H](Sc1ncc(-c2ccccc2)n1C)C(=O)NC(N)=O. The number of carbonyl (C=O) groups is 2. The van der Waals surface area contributed by atoms with Crippen molar-refractivity contribution in [1.29, 1.82) is 0 Å². The molecule has 3 amide bonds. The molecule has 1 heterocycles. The zero-order chi connectivity index (χ0) is 15.4. The maximum Gasteiger partial charge on any atom is 0.318 e. The van der Waals surface area contributed by atoms with Crippen LogP contribution >= 0.6 is 11.8 Å². The van der Waals surface area contributed by atoms with E-state index in [4.69, 9.17) is 5.73 Å². The van der Waals surface area contributed by atoms with Crippen LogP contribution in [0.4, 0.5) is 4.79 Å². The van der Waals surface area contributed by atoms with Gasteiger partial charge in [0.15, 0.2) is 5.16 Å². The van der Waals surface area contributed by atoms with E-state index >= 15 is 0 Å². The van der Waals surface area contributed by atoms with Crippen molar-refractivity contribution in [3.63, 3.8) is 0 Å². The quantitative estimate of drug-likeness (QED) is 0.842. The Kier molecular flexibility index (Phi) is 4.64. The van der Waals surface area contributed by atoms with E-state index in [2.05, 4.69) is 10.3 Å². The Balaban J connectivity index is 2.14. The maximum atomic E-state index is 11.7. The molecule has 1 atom stereocenters. The van der Waals surface area contributed by atoms with Crippen molar-refractivity contribution in [2.24, 2.45) is 12.8 Å². The van der Waals surface area contributed by atoms with Crippen molar-refractivity contribution in [2.45, 2.75) is 17.3 Å². The fourth-order valence-corrected chi connectivity index (χ4v) is 2.67. The van der Waals surface area contributed by atoms with Crippen LogP contribution in [0.25, 0.3) is 11.3 Å². The summed E-state index contributed by atoms with van der Waals surface area (Å²) in [5.41, 5.74) is 6.94. The highest BCUT2D eigenvalue weighted by Gasteiger charge is 2.19. The molecule has 0 aliphatic rings. The van der Waals surface area contributed by atoms with E-state index in [0.29, 0.717) is 5.16 Å². The Morgan fingerprint density at radius 1 is 1.33 bits per heavy atom. The molecule has 110 valence electrons. The second-order valence-electron chi connectivity index (χ2n) is 4.46. The van der Waals surface area contributed by atoms with E-state index < -0.39 is 17.2 Å². The van der Waals surface area contributed by atoms with Crippen molar-refractivity contribution < 1.29 is 9.59 Å². The van der Waals surface area contributed by atoms with Crippen LogP contribution in [0.2, 0.25) is 0 Å². The topological polar surface area (TPSA) is 90.0 Å². The number of hydrogen-bond acceptors (Lipinski definition) is 4. The number of carbonyl (C=O) groups excluding carboxylic acids is 2. The number of nitrogens with two attached hydrogens (primary N) is 1. The molecule has 3 N–H and O–H groups in total. The van der Waals surface area contributed by atoms with Gasteiger partial charge in [0.25, 0.3) is 0 Å². The van der Waals surface area contributed by atoms with Crippen molar-refractivity contribution in [2.75, 3.05) is 0 Å². The Morgan fingerprint density at radius 3 is 2.62 bits per heavy atom. The lowest BCUT2D eigenvalue weighted by Crippen LogP contribution is -2.39. The third-order valence-electron chi connectivity index (χ3n) is 2.91. The molecule has 0 aliphatic carbocycles. The minimum atomic E-state index is -0.850. The number of imidazole rings is 1. The summed E-state index contributed by atoms with van der Waals surface area (Å²) in [5, 5.41) is 2.29. The number of benzene rings is 1. The molecule has 1 aromatic heterocycles. The monoisotopic (exact) mass is 304 g/mol. The van der Waals surface area contributed by atoms with Crippen LogP contribution in [0.15, 0.2) is 41.7 Å². The number of amides is 3. The van der Waals surface area contributed by atoms with Gasteiger partial charge in [0.05, 0.1) is 17.1 Å². The molecule has 0 spiro atoms. The molecular weight excluding hydrogens is 288 g/mol. The van der Waals surface area contributed by atoms with Crippen molar-refractivity contribution in [3.05, 3.63) is 36.5 Å². The molecule has 7 heteroatoms. The molecule has 21 heavy (non-hydrogen) atoms. The first-order valence-electron chi connectivity index (χ1n) is 6.33. The lowest BCUT2D eigenvalue weighted by atomic mass is 10.2. The minimum Gasteiger partial charge on any atom is -0.351 e. The summed E-state index contributed by atoms with van der Waals surface area (Å²) < 4.78 is 1.91. The second kappa shape index (κ2) is 6.45. The fourth-order valence-electron chi connectivity index (χ4n) is 1.81. The first-order chi connectivity index (χ1) is 9.99. The number of thioether (sulfide) groups is 1. The summed E-state index contributed by atoms with van der Waals surface area (Å²) in [6.07, 6.45) is 1.76. The third-order valence-corrected chi connectivity index (χ3v) is 4.07. The molecule has 2 aromatic rings. The van der Waals surface area contributed by atoms with Gasteiger partial charge in [0.1, 0.15) is 0 Å². The molecule has 0 aliphatic heterocycles. The number of nitrogens with one attached hydrogen (secondary N) is 1. The number of primary amides is 1. The number of urea groups is 1. The van der Waals surface area contributed by atoms with Gasteiger partial charge in [-0.1, -0.05) is 42.1 Å². The predicted octanol–water partition coefficient (Wildman–Crippen LogP) is 1.76. The average Bonchev–Trinajstić information content (AvgIpc) is 2.80. The van der Waals surface area contributed by atoms with E-state index in [0.717, 1.165) is 11.3 Å². The highest BCUT2D eigenvalue weighted by molar-refractivity contribution is 8.00. The van der Waals surface area contributed by atoms with Gasteiger partial charge in [-0.2, -0.15) is 0 Å². The molecule has 0 radical (unpaired) electrons. The van der Waals surface area contributed by atoms with Gasteiger partial charge in [0.2, 0.25) is 5.91 Å². The summed E-state index contributed by atoms with van der Waals surface area (Å²) in [6, 6.07) is 9.00. The van der Waals surface area contributed by atoms with Gasteiger partial charge >= 0.3 is 6.03 Å². The number of hydrogen-bond donors (Lipinski definition) is 2. The van der Waals surface area contributed by atoms with Crippen molar-refractivity contribution in [1.82, 2.24) is 14.9 Å². The number of aromatic nitrogens is 2. The first kappa shape index (κ1) is 15.1. The van der Waals surface area contributed by atoms with Gasteiger partial charge in [-0.25, -0.2) is 9.78 Å². The number of nitrogens with zero attached hydrogens (tertiary/aromatic N) is 2. The molecule has 6 nitrogen and oxygen atoms in total. The van der Waals surface area contributed by atoms with Crippen LogP contribution in [-0.4, -0.2) is 26.7 Å². The zero-order valence-corrected chi connectivity index (χ0v) is 12.6. The van der Waals surface area contributed by atoms with Crippen LogP contribution in [0.1, 0.15) is 6.92 Å². The van der Waals surface area contributed by atoms with Crippen LogP contribution in [0, 0.1) is 0 Å². The Hall–Kier alpha value is -2.28. The second-order valence-corrected chi connectivity index (χ2v) is 5.77. The van der Waals surface area contributed by atoms with E-state index in [-0.39, 0.29) is 0 Å². The van der Waals surface area contributed by atoms with Gasteiger partial charge in [-0.05, 0) is 12.5 Å². The van der Waals surface area contributed by atoms with Gasteiger partial charge in [-0.15, -0.1) is 0 Å². The highest BCUT2D eigenvalue weighted by atomic mass is 32.2. The Bertz CT molecular complexity index is 654. The third kappa shape index (κ3) is 3.63. The summed E-state index contributed by atoms with van der Waals surface area (Å²) in [5.74, 6) is -0.434. The lowest BCUT2D eigenvalue weighted by molar-refractivity contribution is -0.119. The van der Waals surface area contributed by atoms with Gasteiger partial charge in [-0.3, -0.25) is 10.1 Å². The maximum absolute atomic E-state index is 11.7. The number of rotatable bonds is 4. The number of imide groups is 1. The van der Waals surface area contributed by atoms with E-state index in [1.807, 2.05) is 41.9 Å². The Labute approximate surface area is 126 Å². The fraction of sp³-hybridized carbons (Fsp3) is 0.214. The van der Waals surface area contributed by atoms with E-state index in [9.17, 15) is 9.59 Å². The van der Waals surface area contributed by atoms with Crippen LogP contribution in [0.5, 0.6) is 0 Å². The predicted molar refractivity (Wildman–Crippen MR) is 81.7 cm³/mol. The normalized spacial score (nSPS) is 11.9. The summed E-state index contributed by atoms with van der Waals surface area (Å²) in [4.78, 5) is 26.7. The molecule has 0 unspecified atom stereocenters. The van der Waals surface area contributed by atoms with Gasteiger partial charge in [0, 0.05) is 7.05 Å². The van der Waals surface area contributed by atoms with E-state index in [1.54, 1.807) is 13.1 Å². The average molecular weight is 304 g/mol. The van der Waals surface area contributed by atoms with Gasteiger partial charge < -0.3 is 10.3 Å². The van der Waals surface area contributed by atoms with Crippen molar-refractivity contribution >= 4 is 23.7 Å². The molecule has 1 aromatic carbocycles. The van der Waals surface area contributed by atoms with Crippen molar-refractivity contribution in [3.8, 4) is 11.3 Å². The highest BCUT2D eigenvalue weighted by Crippen LogP contribution is 2.27. The zero-order valence-electron chi connectivity index (χ0n) is 11.7. The Morgan fingerprint density at radius 2 is 2.00 bits per heavy atom. The molecule has 0 saturated carbocycles. The van der Waals surface area contributed by atoms with E-state index in [1.165, 1.54) is 11.8 Å². The molecule has 0 saturated heterocycles. The largest absolute Gasteiger partial charge is 0.351 e. The lowest BCUT2D eigenvalue weighted by Gasteiger charge is -2.10. The van der Waals surface area contributed by atoms with Crippen LogP contribution in [0.3, 0.4) is 0 Å². The smallest absolute Gasteiger partial charge is 0.318 e. The minimum absolute atomic E-state index is 0.434. The van der Waals surface area contributed by atoms with Crippen LogP contribution in [-0.2, 0) is 11.8 Å². The standard InChI is InChI=1S/C14H16N4O2S/c1-9(12(19)17-13(15)20)21-14-16-8-11(18(14)2)10-6-4-3-5-7-10/h3-9H,1-2H3,(H3,15,17,19,20)/t9-/m0/s1.